The highest BCUT2D eigenvalue weighted by atomic mass is 35.5. The summed E-state index contributed by atoms with van der Waals surface area (Å²) >= 11 is 5.51. The summed E-state index contributed by atoms with van der Waals surface area (Å²) in [5.74, 6) is 0. The first kappa shape index (κ1) is 9.62. The van der Waals surface area contributed by atoms with Crippen molar-refractivity contribution in [2.75, 3.05) is 19.6 Å². The Hall–Kier alpha value is -0.470. The summed E-state index contributed by atoms with van der Waals surface area (Å²) in [7, 11) is 0. The summed E-state index contributed by atoms with van der Waals surface area (Å²) in [6.07, 6.45) is 10.5. The zero-order chi connectivity index (χ0) is 8.65. The first-order valence-corrected chi connectivity index (χ1v) is 4.70. The van der Waals surface area contributed by atoms with Gasteiger partial charge in [0.1, 0.15) is 0 Å². The topological polar surface area (TPSA) is 15.3 Å². The van der Waals surface area contributed by atoms with E-state index in [-0.39, 0.29) is 0 Å². The van der Waals surface area contributed by atoms with Crippen LogP contribution in [0.3, 0.4) is 0 Å². The van der Waals surface area contributed by atoms with Gasteiger partial charge in [-0.15, -0.1) is 0 Å². The summed E-state index contributed by atoms with van der Waals surface area (Å²) in [5, 5.41) is 3.22. The number of halogens is 1. The quantitative estimate of drug-likeness (QED) is 0.582. The fraction of sp³-hybridized carbons (Fsp3) is 0.556. The molecule has 12 heavy (non-hydrogen) atoms. The molecule has 2 nitrogen and oxygen atoms in total. The Kier molecular flexibility index (Phi) is 4.88. The minimum Gasteiger partial charge on any atom is -0.317 e. The second kappa shape index (κ2) is 6.09. The van der Waals surface area contributed by atoms with Crippen molar-refractivity contribution >= 4 is 11.8 Å². The van der Waals surface area contributed by atoms with Crippen LogP contribution in [0.25, 0.3) is 0 Å². The van der Waals surface area contributed by atoms with Crippen molar-refractivity contribution < 1.29 is 0 Å². The Balaban J connectivity index is 0.000000127. The van der Waals surface area contributed by atoms with Crippen LogP contribution in [0.5, 0.6) is 0 Å². The van der Waals surface area contributed by atoms with Gasteiger partial charge in [0.2, 0.25) is 0 Å². The largest absolute Gasteiger partial charge is 0.317 e. The Morgan fingerprint density at radius 1 is 1.17 bits per heavy atom. The number of allylic oxidation sites excluding steroid dienone is 2. The van der Waals surface area contributed by atoms with E-state index in [2.05, 4.69) is 5.32 Å². The van der Waals surface area contributed by atoms with Gasteiger partial charge in [0.05, 0.1) is 6.54 Å². The van der Waals surface area contributed by atoms with Crippen LogP contribution >= 0.6 is 11.8 Å². The maximum Gasteiger partial charge on any atom is 0.0526 e. The summed E-state index contributed by atoms with van der Waals surface area (Å²) in [6.45, 7) is 3.32. The van der Waals surface area contributed by atoms with E-state index in [0.717, 1.165) is 6.54 Å². The van der Waals surface area contributed by atoms with Gasteiger partial charge >= 0.3 is 0 Å². The first-order valence-electron chi connectivity index (χ1n) is 4.36. The summed E-state index contributed by atoms with van der Waals surface area (Å²) in [4.78, 5) is 0. The molecule has 2 rings (SSSR count). The van der Waals surface area contributed by atoms with Crippen LogP contribution in [0.15, 0.2) is 24.4 Å². The highest BCUT2D eigenvalue weighted by Crippen LogP contribution is 1.99. The van der Waals surface area contributed by atoms with Gasteiger partial charge in [-0.25, -0.2) is 0 Å². The minimum atomic E-state index is 0.818. The average molecular weight is 187 g/mol. The lowest BCUT2D eigenvalue weighted by atomic mass is 10.4. The van der Waals surface area contributed by atoms with Crippen molar-refractivity contribution in [2.24, 2.45) is 0 Å². The molecule has 1 N–H and O–H groups in total. The molecule has 0 aliphatic carbocycles. The van der Waals surface area contributed by atoms with Crippen LogP contribution in [0.4, 0.5) is 0 Å². The van der Waals surface area contributed by atoms with Crippen LogP contribution in [-0.4, -0.2) is 24.1 Å². The normalized spacial score (nSPS) is 20.6. The Bertz CT molecular complexity index is 154. The zero-order valence-electron chi connectivity index (χ0n) is 7.17. The highest BCUT2D eigenvalue weighted by molar-refractivity contribution is 6.14. The van der Waals surface area contributed by atoms with E-state index in [9.17, 15) is 0 Å². The average Bonchev–Trinajstić information content (AvgIpc) is 2.62. The Morgan fingerprint density at radius 2 is 1.92 bits per heavy atom. The van der Waals surface area contributed by atoms with Crippen molar-refractivity contribution in [3.63, 3.8) is 0 Å². The third-order valence-corrected chi connectivity index (χ3v) is 1.98. The lowest BCUT2D eigenvalue weighted by Crippen LogP contribution is -2.04. The van der Waals surface area contributed by atoms with Gasteiger partial charge in [-0.3, -0.25) is 4.42 Å². The molecule has 0 unspecified atom stereocenters. The van der Waals surface area contributed by atoms with Gasteiger partial charge in [-0.2, -0.15) is 0 Å². The minimum absolute atomic E-state index is 0.818. The van der Waals surface area contributed by atoms with Crippen molar-refractivity contribution in [2.45, 2.75) is 12.8 Å². The SMILES string of the molecule is C1CCNC1.ClN1C=CC=CC1. The number of nitrogens with zero attached hydrogens (tertiary/aromatic N) is 1. The molecule has 0 bridgehead atoms. The van der Waals surface area contributed by atoms with Crippen molar-refractivity contribution in [3.05, 3.63) is 24.4 Å². The second-order valence-corrected chi connectivity index (χ2v) is 3.24. The smallest absolute Gasteiger partial charge is 0.0526 e. The van der Waals surface area contributed by atoms with Crippen molar-refractivity contribution in [1.82, 2.24) is 9.74 Å². The number of hydrogen-bond donors (Lipinski definition) is 1. The van der Waals surface area contributed by atoms with Crippen LogP contribution in [0, 0.1) is 0 Å². The molecule has 0 aromatic carbocycles. The molecule has 0 saturated carbocycles. The van der Waals surface area contributed by atoms with Gasteiger partial charge < -0.3 is 5.32 Å². The number of nitrogens with one attached hydrogen (secondary N) is 1. The molecular formula is C9H15ClN2. The molecule has 68 valence electrons. The van der Waals surface area contributed by atoms with Gasteiger partial charge in [-0.1, -0.05) is 12.2 Å². The third-order valence-electron chi connectivity index (χ3n) is 1.73. The van der Waals surface area contributed by atoms with Crippen LogP contribution in [-0.2, 0) is 0 Å². The zero-order valence-corrected chi connectivity index (χ0v) is 7.93. The molecule has 0 radical (unpaired) electrons. The molecule has 0 atom stereocenters. The first-order chi connectivity index (χ1) is 5.89. The molecule has 2 aliphatic heterocycles. The van der Waals surface area contributed by atoms with Gasteiger partial charge in [-0.05, 0) is 32.0 Å². The fourth-order valence-electron chi connectivity index (χ4n) is 1.07. The monoisotopic (exact) mass is 186 g/mol. The van der Waals surface area contributed by atoms with Crippen molar-refractivity contribution in [1.29, 1.82) is 0 Å². The maximum atomic E-state index is 5.51. The maximum absolute atomic E-state index is 5.51. The lowest BCUT2D eigenvalue weighted by Gasteiger charge is -2.07. The number of hydrogen-bond acceptors (Lipinski definition) is 2. The predicted octanol–water partition coefficient (Wildman–Crippen LogP) is 1.90. The second-order valence-electron chi connectivity index (χ2n) is 2.81. The molecule has 0 aromatic rings. The van der Waals surface area contributed by atoms with Gasteiger partial charge in [0, 0.05) is 18.0 Å². The lowest BCUT2D eigenvalue weighted by molar-refractivity contribution is 0.670. The van der Waals surface area contributed by atoms with Crippen LogP contribution in [0.1, 0.15) is 12.8 Å². The molecule has 1 saturated heterocycles. The molecule has 0 amide bonds. The Labute approximate surface area is 79.0 Å². The van der Waals surface area contributed by atoms with E-state index in [1.54, 1.807) is 4.42 Å². The highest BCUT2D eigenvalue weighted by Gasteiger charge is 1.93. The van der Waals surface area contributed by atoms with Crippen LogP contribution in [0.2, 0.25) is 0 Å². The molecule has 0 aromatic heterocycles. The van der Waals surface area contributed by atoms with E-state index in [1.165, 1.54) is 25.9 Å². The van der Waals surface area contributed by atoms with E-state index >= 15 is 0 Å². The summed E-state index contributed by atoms with van der Waals surface area (Å²) in [6, 6.07) is 0. The van der Waals surface area contributed by atoms with E-state index < -0.39 is 0 Å². The summed E-state index contributed by atoms with van der Waals surface area (Å²) in [5.41, 5.74) is 0. The molecule has 2 heterocycles. The predicted molar refractivity (Wildman–Crippen MR) is 52.9 cm³/mol. The van der Waals surface area contributed by atoms with Crippen molar-refractivity contribution in [3.8, 4) is 0 Å². The van der Waals surface area contributed by atoms with Gasteiger partial charge in [0.25, 0.3) is 0 Å². The molecule has 3 heteroatoms. The molecule has 0 spiro atoms. The van der Waals surface area contributed by atoms with Crippen LogP contribution < -0.4 is 5.32 Å². The third kappa shape index (κ3) is 4.42. The number of rotatable bonds is 0. The molecule has 2 aliphatic rings. The van der Waals surface area contributed by atoms with Gasteiger partial charge in [0.15, 0.2) is 0 Å². The molecular weight excluding hydrogens is 172 g/mol. The Morgan fingerprint density at radius 3 is 2.17 bits per heavy atom. The molecule has 1 fully saturated rings. The van der Waals surface area contributed by atoms with E-state index in [0.29, 0.717) is 0 Å². The van der Waals surface area contributed by atoms with E-state index in [4.69, 9.17) is 11.8 Å². The van der Waals surface area contributed by atoms with E-state index in [1.807, 2.05) is 24.4 Å². The summed E-state index contributed by atoms with van der Waals surface area (Å²) < 4.78 is 1.60. The standard InChI is InChI=1S/C5H6ClN.C4H9N/c6-7-4-2-1-3-5-7;1-2-4-5-3-1/h1-4H,5H2;5H,1-4H2. The fourth-order valence-corrected chi connectivity index (χ4v) is 1.21.